The maximum Gasteiger partial charge on any atom is 0.315 e. The number of piperidine rings is 1. The number of primary amides is 1. The Morgan fingerprint density at radius 1 is 1.20 bits per heavy atom. The summed E-state index contributed by atoms with van der Waals surface area (Å²) in [6, 6.07) is 7.37. The first-order valence-corrected chi connectivity index (χ1v) is 8.53. The van der Waals surface area contributed by atoms with Gasteiger partial charge in [0.05, 0.1) is 13.1 Å². The predicted octanol–water partition coefficient (Wildman–Crippen LogP) is 0.0753. The van der Waals surface area contributed by atoms with E-state index in [0.29, 0.717) is 18.9 Å². The molecule has 3 amide bonds. The van der Waals surface area contributed by atoms with Gasteiger partial charge in [-0.1, -0.05) is 12.1 Å². The molecule has 0 aliphatic carbocycles. The van der Waals surface area contributed by atoms with Crippen LogP contribution < -0.4 is 25.8 Å². The van der Waals surface area contributed by atoms with E-state index in [9.17, 15) is 9.59 Å². The lowest BCUT2D eigenvalue weighted by Crippen LogP contribution is -2.51. The van der Waals surface area contributed by atoms with Gasteiger partial charge in [-0.2, -0.15) is 0 Å². The standard InChI is InChI=1S/C17H24N4O4/c18-16(22)10-21-7-5-12(6-8-21)20-17(23)19-9-13-11-24-14-3-1-2-4-15(14)25-13/h1-4,12-13H,5-11H2,(H2,18,22)(H2,19,20,23). The van der Waals surface area contributed by atoms with E-state index >= 15 is 0 Å². The van der Waals surface area contributed by atoms with Crippen molar-refractivity contribution >= 4 is 11.9 Å². The summed E-state index contributed by atoms with van der Waals surface area (Å²) in [6.45, 7) is 2.57. The highest BCUT2D eigenvalue weighted by Gasteiger charge is 2.23. The molecule has 25 heavy (non-hydrogen) atoms. The van der Waals surface area contributed by atoms with Gasteiger partial charge in [-0.3, -0.25) is 9.69 Å². The van der Waals surface area contributed by atoms with Crippen LogP contribution in [0.2, 0.25) is 0 Å². The summed E-state index contributed by atoms with van der Waals surface area (Å²) in [4.78, 5) is 25.0. The smallest absolute Gasteiger partial charge is 0.315 e. The molecule has 2 aliphatic heterocycles. The summed E-state index contributed by atoms with van der Waals surface area (Å²) in [5.74, 6) is 1.11. The lowest BCUT2D eigenvalue weighted by molar-refractivity contribution is -0.119. The maximum absolute atomic E-state index is 12.1. The van der Waals surface area contributed by atoms with Crippen LogP contribution in [0, 0.1) is 0 Å². The van der Waals surface area contributed by atoms with Crippen molar-refractivity contribution in [2.75, 3.05) is 32.8 Å². The summed E-state index contributed by atoms with van der Waals surface area (Å²) in [7, 11) is 0. The minimum Gasteiger partial charge on any atom is -0.486 e. The van der Waals surface area contributed by atoms with Gasteiger partial charge in [0, 0.05) is 19.1 Å². The molecule has 0 bridgehead atoms. The van der Waals surface area contributed by atoms with E-state index in [4.69, 9.17) is 15.2 Å². The molecule has 2 heterocycles. The highest BCUT2D eigenvalue weighted by molar-refractivity contribution is 5.76. The molecule has 1 aromatic carbocycles. The maximum atomic E-state index is 12.1. The first-order chi connectivity index (χ1) is 12.1. The van der Waals surface area contributed by atoms with Gasteiger partial charge in [0.25, 0.3) is 0 Å². The summed E-state index contributed by atoms with van der Waals surface area (Å²) in [5.41, 5.74) is 5.20. The van der Waals surface area contributed by atoms with E-state index in [0.717, 1.165) is 31.7 Å². The van der Waals surface area contributed by atoms with Crippen molar-refractivity contribution in [1.82, 2.24) is 15.5 Å². The normalized spacial score (nSPS) is 20.7. The number of hydrogen-bond donors (Lipinski definition) is 3. The largest absolute Gasteiger partial charge is 0.486 e. The Morgan fingerprint density at radius 3 is 2.64 bits per heavy atom. The number of likely N-dealkylation sites (tertiary alicyclic amines) is 1. The molecule has 0 radical (unpaired) electrons. The Labute approximate surface area is 146 Å². The van der Waals surface area contributed by atoms with Crippen molar-refractivity contribution in [3.05, 3.63) is 24.3 Å². The van der Waals surface area contributed by atoms with Gasteiger partial charge in [0.15, 0.2) is 17.6 Å². The summed E-state index contributed by atoms with van der Waals surface area (Å²) in [5, 5.41) is 5.79. The van der Waals surface area contributed by atoms with Crippen molar-refractivity contribution < 1.29 is 19.1 Å². The van der Waals surface area contributed by atoms with Crippen LogP contribution in [0.5, 0.6) is 11.5 Å². The number of carbonyl (C=O) groups is 2. The third kappa shape index (κ3) is 4.99. The molecular weight excluding hydrogens is 324 g/mol. The molecule has 0 saturated carbocycles. The van der Waals surface area contributed by atoms with Crippen LogP contribution in [0.15, 0.2) is 24.3 Å². The Morgan fingerprint density at radius 2 is 1.92 bits per heavy atom. The van der Waals surface area contributed by atoms with Crippen molar-refractivity contribution in [2.24, 2.45) is 5.73 Å². The van der Waals surface area contributed by atoms with Crippen LogP contribution in [0.4, 0.5) is 4.79 Å². The molecule has 1 unspecified atom stereocenters. The SMILES string of the molecule is NC(=O)CN1CCC(NC(=O)NCC2COc3ccccc3O2)CC1. The summed E-state index contributed by atoms with van der Waals surface area (Å²) < 4.78 is 11.4. The molecule has 8 nitrogen and oxygen atoms in total. The molecule has 3 rings (SSSR count). The summed E-state index contributed by atoms with van der Waals surface area (Å²) in [6.07, 6.45) is 1.40. The minimum atomic E-state index is -0.319. The van der Waals surface area contributed by atoms with Crippen LogP contribution >= 0.6 is 0 Å². The van der Waals surface area contributed by atoms with Gasteiger partial charge in [-0.25, -0.2) is 4.79 Å². The first-order valence-electron chi connectivity index (χ1n) is 8.53. The predicted molar refractivity (Wildman–Crippen MR) is 91.5 cm³/mol. The second-order valence-electron chi connectivity index (χ2n) is 6.37. The van der Waals surface area contributed by atoms with E-state index in [1.807, 2.05) is 29.2 Å². The van der Waals surface area contributed by atoms with Gasteiger partial charge in [-0.05, 0) is 25.0 Å². The van der Waals surface area contributed by atoms with Crippen LogP contribution in [0.3, 0.4) is 0 Å². The summed E-state index contributed by atoms with van der Waals surface area (Å²) >= 11 is 0. The lowest BCUT2D eigenvalue weighted by atomic mass is 10.1. The number of carbonyl (C=O) groups excluding carboxylic acids is 2. The van der Waals surface area contributed by atoms with Gasteiger partial charge in [0.1, 0.15) is 6.61 Å². The number of para-hydroxylation sites is 2. The fourth-order valence-electron chi connectivity index (χ4n) is 3.06. The van der Waals surface area contributed by atoms with E-state index in [-0.39, 0.29) is 30.6 Å². The van der Waals surface area contributed by atoms with E-state index in [1.165, 1.54) is 0 Å². The van der Waals surface area contributed by atoms with Crippen LogP contribution in [-0.4, -0.2) is 61.8 Å². The number of fused-ring (bicyclic) bond motifs is 1. The minimum absolute atomic E-state index is 0.105. The van der Waals surface area contributed by atoms with E-state index in [2.05, 4.69) is 10.6 Å². The number of hydrogen-bond acceptors (Lipinski definition) is 5. The van der Waals surface area contributed by atoms with Crippen LogP contribution in [0.1, 0.15) is 12.8 Å². The zero-order chi connectivity index (χ0) is 17.6. The first kappa shape index (κ1) is 17.3. The van der Waals surface area contributed by atoms with Crippen molar-refractivity contribution in [2.45, 2.75) is 25.0 Å². The van der Waals surface area contributed by atoms with Crippen molar-refractivity contribution in [3.63, 3.8) is 0 Å². The van der Waals surface area contributed by atoms with Gasteiger partial charge in [-0.15, -0.1) is 0 Å². The Balaban J connectivity index is 1.36. The molecule has 0 spiro atoms. The molecule has 1 fully saturated rings. The van der Waals surface area contributed by atoms with Crippen molar-refractivity contribution in [1.29, 1.82) is 0 Å². The van der Waals surface area contributed by atoms with E-state index < -0.39 is 0 Å². The molecule has 8 heteroatoms. The van der Waals surface area contributed by atoms with Crippen LogP contribution in [0.25, 0.3) is 0 Å². The fourth-order valence-corrected chi connectivity index (χ4v) is 3.06. The number of nitrogens with one attached hydrogen (secondary N) is 2. The fraction of sp³-hybridized carbons (Fsp3) is 0.529. The molecule has 1 saturated heterocycles. The number of urea groups is 1. The number of rotatable bonds is 5. The molecule has 136 valence electrons. The molecule has 0 aromatic heterocycles. The average molecular weight is 348 g/mol. The van der Waals surface area contributed by atoms with Gasteiger partial charge < -0.3 is 25.8 Å². The second-order valence-corrected chi connectivity index (χ2v) is 6.37. The number of nitrogens with zero attached hydrogens (tertiary/aromatic N) is 1. The third-order valence-electron chi connectivity index (χ3n) is 4.36. The Kier molecular flexibility index (Phi) is 5.60. The second kappa shape index (κ2) is 8.06. The van der Waals surface area contributed by atoms with Gasteiger partial charge in [0.2, 0.25) is 5.91 Å². The molecule has 4 N–H and O–H groups in total. The molecular formula is C17H24N4O4. The number of amides is 3. The number of ether oxygens (including phenoxy) is 2. The quantitative estimate of drug-likeness (QED) is 0.699. The molecule has 2 aliphatic rings. The lowest BCUT2D eigenvalue weighted by Gasteiger charge is -2.31. The monoisotopic (exact) mass is 348 g/mol. The van der Waals surface area contributed by atoms with Crippen molar-refractivity contribution in [3.8, 4) is 11.5 Å². The highest BCUT2D eigenvalue weighted by atomic mass is 16.6. The number of nitrogens with two attached hydrogens (primary N) is 1. The Hall–Kier alpha value is -2.48. The molecule has 1 aromatic rings. The zero-order valence-electron chi connectivity index (χ0n) is 14.1. The third-order valence-corrected chi connectivity index (χ3v) is 4.36. The number of benzene rings is 1. The average Bonchev–Trinajstić information content (AvgIpc) is 2.61. The zero-order valence-corrected chi connectivity index (χ0v) is 14.1. The van der Waals surface area contributed by atoms with Crippen LogP contribution in [-0.2, 0) is 4.79 Å². The molecule has 1 atom stereocenters. The Bertz CT molecular complexity index is 616. The van der Waals surface area contributed by atoms with E-state index in [1.54, 1.807) is 0 Å². The van der Waals surface area contributed by atoms with Gasteiger partial charge >= 0.3 is 6.03 Å². The highest BCUT2D eigenvalue weighted by Crippen LogP contribution is 2.30. The topological polar surface area (TPSA) is 106 Å².